The number of phenolic OH excluding ortho intramolecular Hbond substituents is 1. The lowest BCUT2D eigenvalue weighted by molar-refractivity contribution is -0.129. The molecule has 1 aliphatic heterocycles. The van der Waals surface area contributed by atoms with E-state index < -0.39 is 11.6 Å². The Bertz CT molecular complexity index is 736. The molecule has 0 spiro atoms. The highest BCUT2D eigenvalue weighted by Crippen LogP contribution is 2.34. The minimum Gasteiger partial charge on any atom is -0.504 e. The van der Waals surface area contributed by atoms with Crippen LogP contribution in [0.25, 0.3) is 11.5 Å². The summed E-state index contributed by atoms with van der Waals surface area (Å²) in [5.74, 6) is -1.50. The van der Waals surface area contributed by atoms with Gasteiger partial charge in [-0.15, -0.1) is 0 Å². The number of nitrogens with zero attached hydrogens (tertiary/aromatic N) is 4. The minimum atomic E-state index is -0.950. The molecule has 22 heavy (non-hydrogen) atoms. The third-order valence-electron chi connectivity index (χ3n) is 3.45. The number of halogens is 2. The number of aromatic hydroxyl groups is 1. The van der Waals surface area contributed by atoms with Gasteiger partial charge < -0.3 is 19.4 Å². The van der Waals surface area contributed by atoms with Crippen LogP contribution < -0.4 is 4.90 Å². The molecule has 116 valence electrons. The van der Waals surface area contributed by atoms with Gasteiger partial charge in [-0.25, -0.2) is 4.39 Å². The number of rotatable bonds is 2. The van der Waals surface area contributed by atoms with E-state index in [1.165, 1.54) is 12.1 Å². The van der Waals surface area contributed by atoms with Gasteiger partial charge in [0.2, 0.25) is 5.91 Å². The van der Waals surface area contributed by atoms with Gasteiger partial charge in [0, 0.05) is 20.1 Å². The van der Waals surface area contributed by atoms with Gasteiger partial charge in [0.05, 0.1) is 10.6 Å². The maximum atomic E-state index is 13.6. The summed E-state index contributed by atoms with van der Waals surface area (Å²) in [6.07, 6.45) is 0. The fourth-order valence-electron chi connectivity index (χ4n) is 2.10. The Kier molecular flexibility index (Phi) is 3.61. The molecule has 2 heterocycles. The smallest absolute Gasteiger partial charge is 0.266 e. The van der Waals surface area contributed by atoms with Crippen LogP contribution in [0.5, 0.6) is 5.75 Å². The van der Waals surface area contributed by atoms with Gasteiger partial charge >= 0.3 is 0 Å². The predicted octanol–water partition coefficient (Wildman–Crippen LogP) is 1.51. The zero-order valence-electron chi connectivity index (χ0n) is 11.6. The third-order valence-corrected chi connectivity index (χ3v) is 3.75. The van der Waals surface area contributed by atoms with Crippen LogP contribution >= 0.6 is 11.6 Å². The minimum absolute atomic E-state index is 0.0427. The molecule has 0 saturated carbocycles. The molecule has 1 saturated heterocycles. The van der Waals surface area contributed by atoms with Gasteiger partial charge in [0.15, 0.2) is 11.6 Å². The molecule has 2 aromatic rings. The molecular weight excluding hydrogens is 315 g/mol. The summed E-state index contributed by atoms with van der Waals surface area (Å²) in [6, 6.07) is 2.67. The van der Waals surface area contributed by atoms with Crippen LogP contribution in [0.2, 0.25) is 5.02 Å². The molecule has 1 aromatic heterocycles. The summed E-state index contributed by atoms with van der Waals surface area (Å²) in [5.41, 5.74) is 0.0427. The van der Waals surface area contributed by atoms with Gasteiger partial charge in [-0.3, -0.25) is 4.79 Å². The average molecular weight is 327 g/mol. The van der Waals surface area contributed by atoms with Crippen molar-refractivity contribution >= 4 is 23.5 Å². The molecule has 0 aliphatic carbocycles. The Hall–Kier alpha value is -2.35. The SMILES string of the molecule is CN1CCN(c2noc(-c3ccc(Cl)c(F)c3O)n2)CC1=O. The van der Waals surface area contributed by atoms with Crippen molar-refractivity contribution in [3.63, 3.8) is 0 Å². The lowest BCUT2D eigenvalue weighted by Gasteiger charge is -2.30. The number of piperazine rings is 1. The highest BCUT2D eigenvalue weighted by atomic mass is 35.5. The number of amides is 1. The van der Waals surface area contributed by atoms with Crippen molar-refractivity contribution in [2.75, 3.05) is 31.6 Å². The molecule has 1 N–H and O–H groups in total. The van der Waals surface area contributed by atoms with Gasteiger partial charge in [-0.05, 0) is 17.3 Å². The second kappa shape index (κ2) is 5.45. The molecule has 0 unspecified atom stereocenters. The fraction of sp³-hybridized carbons (Fsp3) is 0.308. The van der Waals surface area contributed by atoms with Gasteiger partial charge in [-0.2, -0.15) is 4.98 Å². The van der Waals surface area contributed by atoms with Crippen LogP contribution in [0, 0.1) is 5.82 Å². The van der Waals surface area contributed by atoms with E-state index in [1.54, 1.807) is 16.8 Å². The fourth-order valence-corrected chi connectivity index (χ4v) is 2.25. The lowest BCUT2D eigenvalue weighted by atomic mass is 10.2. The van der Waals surface area contributed by atoms with Crippen molar-refractivity contribution in [3.8, 4) is 17.2 Å². The first kappa shape index (κ1) is 14.6. The summed E-state index contributed by atoms with van der Waals surface area (Å²) in [5, 5.41) is 13.3. The van der Waals surface area contributed by atoms with E-state index in [1.807, 2.05) is 0 Å². The zero-order chi connectivity index (χ0) is 15.9. The number of carbonyl (C=O) groups is 1. The Balaban J connectivity index is 1.88. The maximum absolute atomic E-state index is 13.6. The quantitative estimate of drug-likeness (QED) is 0.901. The second-order valence-electron chi connectivity index (χ2n) is 4.89. The highest BCUT2D eigenvalue weighted by molar-refractivity contribution is 6.31. The van der Waals surface area contributed by atoms with Crippen LogP contribution in [0.1, 0.15) is 0 Å². The lowest BCUT2D eigenvalue weighted by Crippen LogP contribution is -2.48. The molecule has 1 fully saturated rings. The normalized spacial score (nSPS) is 15.5. The second-order valence-corrected chi connectivity index (χ2v) is 5.30. The van der Waals surface area contributed by atoms with Gasteiger partial charge in [0.1, 0.15) is 6.54 Å². The molecule has 1 aliphatic rings. The number of hydrogen-bond donors (Lipinski definition) is 1. The van der Waals surface area contributed by atoms with Crippen LogP contribution in [-0.2, 0) is 4.79 Å². The Labute approximate surface area is 129 Å². The highest BCUT2D eigenvalue weighted by Gasteiger charge is 2.25. The zero-order valence-corrected chi connectivity index (χ0v) is 12.3. The average Bonchev–Trinajstić information content (AvgIpc) is 2.97. The number of likely N-dealkylation sites (N-methyl/N-ethyl adjacent to an activating group) is 1. The summed E-state index contributed by atoms with van der Waals surface area (Å²) >= 11 is 5.58. The molecule has 9 heteroatoms. The van der Waals surface area contributed by atoms with Crippen LogP contribution in [-0.4, -0.2) is 52.7 Å². The Morgan fingerprint density at radius 2 is 2.18 bits per heavy atom. The van der Waals surface area contributed by atoms with Crippen molar-refractivity contribution in [3.05, 3.63) is 23.0 Å². The van der Waals surface area contributed by atoms with E-state index in [0.29, 0.717) is 13.1 Å². The first-order chi connectivity index (χ1) is 10.5. The van der Waals surface area contributed by atoms with Gasteiger partial charge in [-0.1, -0.05) is 11.6 Å². The molecule has 7 nitrogen and oxygen atoms in total. The van der Waals surface area contributed by atoms with E-state index in [9.17, 15) is 14.3 Å². The Morgan fingerprint density at radius 1 is 1.41 bits per heavy atom. The molecule has 0 atom stereocenters. The number of phenols is 1. The topological polar surface area (TPSA) is 82.7 Å². The van der Waals surface area contributed by atoms with Crippen LogP contribution in [0.15, 0.2) is 16.7 Å². The molecule has 0 bridgehead atoms. The molecule has 1 amide bonds. The van der Waals surface area contributed by atoms with E-state index in [-0.39, 0.29) is 34.9 Å². The number of benzene rings is 1. The molecule has 1 aromatic carbocycles. The van der Waals surface area contributed by atoms with E-state index in [2.05, 4.69) is 10.1 Å². The van der Waals surface area contributed by atoms with Crippen molar-refractivity contribution in [2.24, 2.45) is 0 Å². The summed E-state index contributed by atoms with van der Waals surface area (Å²) in [4.78, 5) is 19.0. The van der Waals surface area contributed by atoms with Crippen LogP contribution in [0.4, 0.5) is 10.3 Å². The number of anilines is 1. The largest absolute Gasteiger partial charge is 0.504 e. The summed E-state index contributed by atoms with van der Waals surface area (Å²) in [7, 11) is 1.72. The predicted molar refractivity (Wildman–Crippen MR) is 76.2 cm³/mol. The maximum Gasteiger partial charge on any atom is 0.266 e. The first-order valence-corrected chi connectivity index (χ1v) is 6.85. The Morgan fingerprint density at radius 3 is 2.91 bits per heavy atom. The van der Waals surface area contributed by atoms with Crippen LogP contribution in [0.3, 0.4) is 0 Å². The van der Waals surface area contributed by atoms with Gasteiger partial charge in [0.25, 0.3) is 11.8 Å². The number of carbonyl (C=O) groups excluding carboxylic acids is 1. The van der Waals surface area contributed by atoms with Crippen molar-refractivity contribution in [2.45, 2.75) is 0 Å². The van der Waals surface area contributed by atoms with E-state index in [0.717, 1.165) is 0 Å². The van der Waals surface area contributed by atoms with E-state index in [4.69, 9.17) is 16.1 Å². The number of aromatic nitrogens is 2. The van der Waals surface area contributed by atoms with Crippen molar-refractivity contribution in [1.29, 1.82) is 0 Å². The number of hydrogen-bond acceptors (Lipinski definition) is 6. The third kappa shape index (κ3) is 2.45. The van der Waals surface area contributed by atoms with Crippen molar-refractivity contribution in [1.82, 2.24) is 15.0 Å². The molecule has 3 rings (SSSR count). The van der Waals surface area contributed by atoms with E-state index >= 15 is 0 Å². The molecular formula is C13H12ClFN4O3. The summed E-state index contributed by atoms with van der Waals surface area (Å²) < 4.78 is 18.6. The summed E-state index contributed by atoms with van der Waals surface area (Å²) in [6.45, 7) is 1.24. The molecule has 0 radical (unpaired) electrons. The standard InChI is InChI=1S/C13H12ClFN4O3/c1-18-4-5-19(6-9(18)20)13-16-12(22-17-13)7-2-3-8(14)10(15)11(7)21/h2-3,21H,4-6H2,1H3. The monoisotopic (exact) mass is 326 g/mol. The first-order valence-electron chi connectivity index (χ1n) is 6.47. The van der Waals surface area contributed by atoms with Crippen molar-refractivity contribution < 1.29 is 18.8 Å².